The van der Waals surface area contributed by atoms with Crippen LogP contribution in [0.25, 0.3) is 15.9 Å². The van der Waals surface area contributed by atoms with E-state index in [0.29, 0.717) is 27.5 Å². The first kappa shape index (κ1) is 20.9. The molecule has 1 N–H and O–H groups in total. The monoisotopic (exact) mass is 455 g/mol. The Kier molecular flexibility index (Phi) is 5.92. The van der Waals surface area contributed by atoms with Crippen molar-refractivity contribution in [3.05, 3.63) is 91.4 Å². The molecule has 4 aromatic rings. The highest BCUT2D eigenvalue weighted by molar-refractivity contribution is 7.17. The molecule has 158 valence electrons. The Bertz CT molecular complexity index is 1370. The smallest absolute Gasteiger partial charge is 0.336 e. The highest BCUT2D eigenvalue weighted by Gasteiger charge is 2.17. The molecule has 7 nitrogen and oxygen atoms in total. The number of benzene rings is 2. The minimum atomic E-state index is -0.599. The molecule has 1 amide bonds. The number of ether oxygens (including phenoxy) is 1. The molecule has 2 heterocycles. The number of hydrogen-bond donors (Lipinski definition) is 1. The zero-order valence-electron chi connectivity index (χ0n) is 16.5. The van der Waals surface area contributed by atoms with Crippen molar-refractivity contribution in [2.75, 3.05) is 7.11 Å². The minimum absolute atomic E-state index is 0.219. The second kappa shape index (κ2) is 8.79. The van der Waals surface area contributed by atoms with Gasteiger partial charge in [-0.15, -0.1) is 11.3 Å². The van der Waals surface area contributed by atoms with Crippen LogP contribution in [0.4, 0.5) is 0 Å². The van der Waals surface area contributed by atoms with Crippen LogP contribution in [-0.2, 0) is 17.9 Å². The van der Waals surface area contributed by atoms with Crippen molar-refractivity contribution in [3.8, 4) is 11.4 Å². The summed E-state index contributed by atoms with van der Waals surface area (Å²) < 4.78 is 7.86. The highest BCUT2D eigenvalue weighted by Crippen LogP contribution is 2.18. The first-order chi connectivity index (χ1) is 15.0. The number of carbonyl (C=O) groups excluding carboxylic acids is 1. The second-order valence-electron chi connectivity index (χ2n) is 6.75. The highest BCUT2D eigenvalue weighted by atomic mass is 35.5. The maximum Gasteiger partial charge on any atom is 0.336 e. The maximum absolute atomic E-state index is 13.2. The Morgan fingerprint density at radius 2 is 1.90 bits per heavy atom. The average Bonchev–Trinajstić information content (AvgIpc) is 3.26. The molecular weight excluding hydrogens is 438 g/mol. The van der Waals surface area contributed by atoms with Gasteiger partial charge in [-0.05, 0) is 47.3 Å². The van der Waals surface area contributed by atoms with Crippen LogP contribution < -0.4 is 21.3 Å². The molecule has 0 fully saturated rings. The number of thiophene rings is 1. The quantitative estimate of drug-likeness (QED) is 0.484. The van der Waals surface area contributed by atoms with Crippen molar-refractivity contribution in [1.29, 1.82) is 0 Å². The summed E-state index contributed by atoms with van der Waals surface area (Å²) >= 11 is 7.27. The normalized spacial score (nSPS) is 10.9. The number of halogens is 1. The summed E-state index contributed by atoms with van der Waals surface area (Å²) in [6.07, 6.45) is 0. The zero-order chi connectivity index (χ0) is 22.0. The van der Waals surface area contributed by atoms with Crippen molar-refractivity contribution in [3.63, 3.8) is 0 Å². The Morgan fingerprint density at radius 3 is 2.61 bits per heavy atom. The minimum Gasteiger partial charge on any atom is -0.497 e. The van der Waals surface area contributed by atoms with Crippen LogP contribution in [0, 0.1) is 0 Å². The van der Waals surface area contributed by atoms with Crippen LogP contribution in [0.5, 0.6) is 5.75 Å². The van der Waals surface area contributed by atoms with E-state index in [4.69, 9.17) is 16.3 Å². The van der Waals surface area contributed by atoms with Crippen LogP contribution in [0.3, 0.4) is 0 Å². The van der Waals surface area contributed by atoms with Gasteiger partial charge in [0.1, 0.15) is 17.0 Å². The molecule has 0 atom stereocenters. The van der Waals surface area contributed by atoms with Crippen LogP contribution in [-0.4, -0.2) is 22.2 Å². The molecule has 0 aliphatic rings. The number of hydrogen-bond acceptors (Lipinski definition) is 5. The molecule has 0 radical (unpaired) electrons. The van der Waals surface area contributed by atoms with Crippen molar-refractivity contribution in [1.82, 2.24) is 14.5 Å². The van der Waals surface area contributed by atoms with Gasteiger partial charge in [-0.2, -0.15) is 0 Å². The lowest BCUT2D eigenvalue weighted by Crippen LogP contribution is -2.41. The van der Waals surface area contributed by atoms with Gasteiger partial charge in [-0.1, -0.05) is 29.8 Å². The molecular formula is C22H18ClN3O4S. The predicted octanol–water partition coefficient (Wildman–Crippen LogP) is 3.19. The first-order valence-corrected chi connectivity index (χ1v) is 10.6. The maximum atomic E-state index is 13.2. The first-order valence-electron chi connectivity index (χ1n) is 9.36. The fourth-order valence-electron chi connectivity index (χ4n) is 3.23. The molecule has 31 heavy (non-hydrogen) atoms. The summed E-state index contributed by atoms with van der Waals surface area (Å²) in [6, 6.07) is 15.5. The topological polar surface area (TPSA) is 82.3 Å². The van der Waals surface area contributed by atoms with Gasteiger partial charge in [0.2, 0.25) is 5.91 Å². The third-order valence-electron chi connectivity index (χ3n) is 4.77. The number of rotatable bonds is 6. The number of nitrogens with zero attached hydrogens (tertiary/aromatic N) is 2. The zero-order valence-corrected chi connectivity index (χ0v) is 18.1. The van der Waals surface area contributed by atoms with Crippen molar-refractivity contribution in [2.45, 2.75) is 13.1 Å². The van der Waals surface area contributed by atoms with Gasteiger partial charge in [-0.3, -0.25) is 14.2 Å². The van der Waals surface area contributed by atoms with Gasteiger partial charge < -0.3 is 10.1 Å². The molecule has 0 aliphatic heterocycles. The molecule has 0 unspecified atom stereocenters. The Hall–Kier alpha value is -3.36. The Balaban J connectivity index is 1.65. The molecule has 0 aliphatic carbocycles. The summed E-state index contributed by atoms with van der Waals surface area (Å²) in [6.45, 7) is 0.0847. The molecule has 0 bridgehead atoms. The van der Waals surface area contributed by atoms with E-state index in [-0.39, 0.29) is 12.5 Å². The van der Waals surface area contributed by atoms with E-state index in [2.05, 4.69) is 5.32 Å². The lowest BCUT2D eigenvalue weighted by Gasteiger charge is -2.13. The van der Waals surface area contributed by atoms with E-state index < -0.39 is 11.2 Å². The van der Waals surface area contributed by atoms with Gasteiger partial charge >= 0.3 is 5.69 Å². The van der Waals surface area contributed by atoms with E-state index in [1.165, 1.54) is 22.0 Å². The number of methoxy groups -OCH3 is 1. The predicted molar refractivity (Wildman–Crippen MR) is 122 cm³/mol. The van der Waals surface area contributed by atoms with Crippen molar-refractivity contribution in [2.24, 2.45) is 0 Å². The van der Waals surface area contributed by atoms with Crippen molar-refractivity contribution < 1.29 is 9.53 Å². The van der Waals surface area contributed by atoms with Gasteiger partial charge in [-0.25, -0.2) is 9.36 Å². The molecule has 9 heteroatoms. The lowest BCUT2D eigenvalue weighted by molar-refractivity contribution is -0.121. The standard InChI is InChI=1S/C22H18ClN3O4S/c1-30-17-7-5-14(6-8-17)12-24-19(27)13-25-18-9-10-31-20(18)21(28)26(22(25)29)16-4-2-3-15(23)11-16/h2-11H,12-13H2,1H3,(H,24,27). The molecule has 0 spiro atoms. The number of amides is 1. The van der Waals surface area contributed by atoms with Crippen LogP contribution in [0.2, 0.25) is 5.02 Å². The van der Waals surface area contributed by atoms with E-state index >= 15 is 0 Å². The summed E-state index contributed by atoms with van der Waals surface area (Å²) in [4.78, 5) is 38.7. The number of aromatic nitrogens is 2. The van der Waals surface area contributed by atoms with E-state index in [1.807, 2.05) is 24.3 Å². The van der Waals surface area contributed by atoms with E-state index in [9.17, 15) is 14.4 Å². The summed E-state index contributed by atoms with van der Waals surface area (Å²) in [5.41, 5.74) is 0.638. The fourth-order valence-corrected chi connectivity index (χ4v) is 4.24. The molecule has 2 aromatic heterocycles. The van der Waals surface area contributed by atoms with Gasteiger partial charge in [0.15, 0.2) is 0 Å². The lowest BCUT2D eigenvalue weighted by atomic mass is 10.2. The number of nitrogens with one attached hydrogen (secondary N) is 1. The second-order valence-corrected chi connectivity index (χ2v) is 8.10. The number of fused-ring (bicyclic) bond motifs is 1. The van der Waals surface area contributed by atoms with Gasteiger partial charge in [0.05, 0.1) is 18.3 Å². The SMILES string of the molecule is COc1ccc(CNC(=O)Cn2c(=O)n(-c3cccc(Cl)c3)c(=O)c3sccc32)cc1. The molecule has 0 saturated heterocycles. The summed E-state index contributed by atoms with van der Waals surface area (Å²) in [5, 5.41) is 4.93. The third-order valence-corrected chi connectivity index (χ3v) is 5.90. The summed E-state index contributed by atoms with van der Waals surface area (Å²) in [7, 11) is 1.59. The van der Waals surface area contributed by atoms with Gasteiger partial charge in [0.25, 0.3) is 5.56 Å². The molecule has 4 rings (SSSR count). The molecule has 2 aromatic carbocycles. The fraction of sp³-hybridized carbons (Fsp3) is 0.136. The van der Waals surface area contributed by atoms with Crippen LogP contribution in [0.1, 0.15) is 5.56 Å². The Morgan fingerprint density at radius 1 is 1.13 bits per heavy atom. The van der Waals surface area contributed by atoms with Gasteiger partial charge in [0, 0.05) is 11.6 Å². The van der Waals surface area contributed by atoms with E-state index in [1.54, 1.807) is 36.8 Å². The molecule has 0 saturated carbocycles. The average molecular weight is 456 g/mol. The number of carbonyl (C=O) groups is 1. The van der Waals surface area contributed by atoms with Crippen LogP contribution in [0.15, 0.2) is 69.6 Å². The third kappa shape index (κ3) is 4.26. The summed E-state index contributed by atoms with van der Waals surface area (Å²) in [5.74, 6) is 0.381. The van der Waals surface area contributed by atoms with Crippen molar-refractivity contribution >= 4 is 39.1 Å². The Labute approximate surface area is 186 Å². The van der Waals surface area contributed by atoms with E-state index in [0.717, 1.165) is 15.9 Å². The largest absolute Gasteiger partial charge is 0.497 e. The van der Waals surface area contributed by atoms with Crippen LogP contribution >= 0.6 is 22.9 Å².